The summed E-state index contributed by atoms with van der Waals surface area (Å²) < 4.78 is 1.04. The first-order valence-corrected chi connectivity index (χ1v) is 6.98. The fourth-order valence-electron chi connectivity index (χ4n) is 1.65. The van der Waals surface area contributed by atoms with Crippen molar-refractivity contribution in [1.82, 2.24) is 5.32 Å². The van der Waals surface area contributed by atoms with Crippen LogP contribution in [-0.4, -0.2) is 23.7 Å². The van der Waals surface area contributed by atoms with Gasteiger partial charge in [-0.05, 0) is 37.5 Å². The number of aliphatic hydroxyl groups excluding tert-OH is 1. The molecule has 1 aromatic carbocycles. The van der Waals surface area contributed by atoms with Gasteiger partial charge in [0, 0.05) is 16.9 Å². The molecule has 4 heteroatoms. The number of amides is 1. The minimum absolute atomic E-state index is 0.0403. The Bertz CT molecular complexity index is 376. The lowest BCUT2D eigenvalue weighted by molar-refractivity contribution is -0.124. The second-order valence-electron chi connectivity index (χ2n) is 4.66. The number of aliphatic hydroxyl groups is 1. The predicted molar refractivity (Wildman–Crippen MR) is 76.3 cm³/mol. The van der Waals surface area contributed by atoms with Crippen LogP contribution in [0.2, 0.25) is 0 Å². The highest BCUT2D eigenvalue weighted by Gasteiger charge is 2.13. The molecule has 0 aromatic heterocycles. The molecule has 0 radical (unpaired) electrons. The summed E-state index contributed by atoms with van der Waals surface area (Å²) >= 11 is 3.39. The molecule has 18 heavy (non-hydrogen) atoms. The Hall–Kier alpha value is -0.870. The highest BCUT2D eigenvalue weighted by atomic mass is 79.9. The summed E-state index contributed by atoms with van der Waals surface area (Å²) in [5.74, 6) is -0.0151. The first-order chi connectivity index (χ1) is 8.49. The van der Waals surface area contributed by atoms with Crippen LogP contribution in [0.25, 0.3) is 0 Å². The summed E-state index contributed by atoms with van der Waals surface area (Å²) in [5.41, 5.74) is 1.15. The Morgan fingerprint density at radius 1 is 1.33 bits per heavy atom. The molecule has 1 rings (SSSR count). The average Bonchev–Trinajstić information content (AvgIpc) is 2.31. The van der Waals surface area contributed by atoms with Gasteiger partial charge >= 0.3 is 0 Å². The van der Waals surface area contributed by atoms with Gasteiger partial charge in [-0.3, -0.25) is 4.79 Å². The van der Waals surface area contributed by atoms with Gasteiger partial charge in [-0.15, -0.1) is 0 Å². The van der Waals surface area contributed by atoms with Crippen LogP contribution in [0.1, 0.15) is 25.8 Å². The van der Waals surface area contributed by atoms with E-state index in [1.807, 2.05) is 31.2 Å². The van der Waals surface area contributed by atoms with Crippen molar-refractivity contribution in [3.8, 4) is 0 Å². The van der Waals surface area contributed by atoms with E-state index in [-0.39, 0.29) is 17.9 Å². The van der Waals surface area contributed by atoms with Crippen molar-refractivity contribution in [2.45, 2.75) is 32.8 Å². The van der Waals surface area contributed by atoms with Crippen LogP contribution in [0.4, 0.5) is 0 Å². The normalized spacial score (nSPS) is 14.0. The molecule has 0 aliphatic carbocycles. The number of halogens is 1. The van der Waals surface area contributed by atoms with Crippen LogP contribution in [-0.2, 0) is 11.2 Å². The minimum atomic E-state index is -0.368. The quantitative estimate of drug-likeness (QED) is 0.848. The average molecular weight is 314 g/mol. The van der Waals surface area contributed by atoms with Crippen molar-refractivity contribution >= 4 is 21.8 Å². The number of hydrogen-bond donors (Lipinski definition) is 2. The maximum atomic E-state index is 11.8. The molecule has 0 saturated carbocycles. The van der Waals surface area contributed by atoms with Crippen LogP contribution in [0, 0.1) is 5.92 Å². The molecule has 0 spiro atoms. The van der Waals surface area contributed by atoms with E-state index < -0.39 is 0 Å². The molecule has 0 aliphatic rings. The fraction of sp³-hybridized carbons (Fsp3) is 0.500. The number of nitrogens with one attached hydrogen (secondary N) is 1. The highest BCUT2D eigenvalue weighted by Crippen LogP contribution is 2.14. The van der Waals surface area contributed by atoms with Crippen molar-refractivity contribution in [1.29, 1.82) is 0 Å². The Labute approximate surface area is 117 Å². The number of hydrogen-bond acceptors (Lipinski definition) is 2. The van der Waals surface area contributed by atoms with Crippen molar-refractivity contribution in [2.75, 3.05) is 6.54 Å². The van der Waals surface area contributed by atoms with Gasteiger partial charge in [-0.25, -0.2) is 0 Å². The third-order valence-electron chi connectivity index (χ3n) is 2.76. The van der Waals surface area contributed by atoms with Crippen LogP contribution >= 0.6 is 15.9 Å². The molecule has 1 amide bonds. The second-order valence-corrected chi connectivity index (χ2v) is 5.58. The number of rotatable bonds is 6. The largest absolute Gasteiger partial charge is 0.393 e. The predicted octanol–water partition coefficient (Wildman–Crippen LogP) is 2.51. The minimum Gasteiger partial charge on any atom is -0.393 e. The summed E-state index contributed by atoms with van der Waals surface area (Å²) in [4.78, 5) is 11.8. The van der Waals surface area contributed by atoms with Crippen molar-refractivity contribution in [2.24, 2.45) is 5.92 Å². The zero-order valence-electron chi connectivity index (χ0n) is 10.8. The Kier molecular flexibility index (Phi) is 6.36. The van der Waals surface area contributed by atoms with Gasteiger partial charge in [0.25, 0.3) is 0 Å². The standard InChI is InChI=1S/C14H20BrNO2/c1-10(14(18)16-8-7-11(2)17)9-12-3-5-13(15)6-4-12/h3-6,10-11,17H,7-9H2,1-2H3,(H,16,18). The monoisotopic (exact) mass is 313 g/mol. The van der Waals surface area contributed by atoms with Gasteiger partial charge in [0.15, 0.2) is 0 Å². The number of carbonyl (C=O) groups excluding carboxylic acids is 1. The summed E-state index contributed by atoms with van der Waals surface area (Å²) in [6.07, 6.45) is 0.955. The molecule has 0 aliphatic heterocycles. The van der Waals surface area contributed by atoms with Crippen molar-refractivity contribution in [3.05, 3.63) is 34.3 Å². The van der Waals surface area contributed by atoms with Crippen LogP contribution < -0.4 is 5.32 Å². The SMILES string of the molecule is CC(O)CCNC(=O)C(C)Cc1ccc(Br)cc1. The second kappa shape index (κ2) is 7.54. The Balaban J connectivity index is 2.37. The number of carbonyl (C=O) groups is 1. The third-order valence-corrected chi connectivity index (χ3v) is 3.29. The van der Waals surface area contributed by atoms with Gasteiger partial charge in [0.1, 0.15) is 0 Å². The van der Waals surface area contributed by atoms with E-state index in [0.717, 1.165) is 16.5 Å². The van der Waals surface area contributed by atoms with Crippen molar-refractivity contribution in [3.63, 3.8) is 0 Å². The summed E-state index contributed by atoms with van der Waals surface area (Å²) in [6, 6.07) is 7.99. The summed E-state index contributed by atoms with van der Waals surface area (Å²) in [7, 11) is 0. The lowest BCUT2D eigenvalue weighted by atomic mass is 10.0. The Morgan fingerprint density at radius 2 is 1.94 bits per heavy atom. The topological polar surface area (TPSA) is 49.3 Å². The maximum absolute atomic E-state index is 11.8. The third kappa shape index (κ3) is 5.65. The summed E-state index contributed by atoms with van der Waals surface area (Å²) in [6.45, 7) is 4.17. The molecular formula is C14H20BrNO2. The van der Waals surface area contributed by atoms with E-state index in [1.54, 1.807) is 6.92 Å². The number of benzene rings is 1. The molecule has 1 aromatic rings. The van der Waals surface area contributed by atoms with Gasteiger partial charge in [0.2, 0.25) is 5.91 Å². The zero-order chi connectivity index (χ0) is 13.5. The molecule has 2 N–H and O–H groups in total. The van der Waals surface area contributed by atoms with E-state index in [4.69, 9.17) is 5.11 Å². The first kappa shape index (κ1) is 15.2. The molecule has 0 fully saturated rings. The molecule has 0 saturated heterocycles. The molecule has 2 unspecified atom stereocenters. The molecule has 2 atom stereocenters. The van der Waals surface area contributed by atoms with Gasteiger partial charge in [0.05, 0.1) is 6.10 Å². The van der Waals surface area contributed by atoms with Crippen molar-refractivity contribution < 1.29 is 9.90 Å². The molecule has 3 nitrogen and oxygen atoms in total. The smallest absolute Gasteiger partial charge is 0.223 e. The van der Waals surface area contributed by atoms with E-state index in [9.17, 15) is 4.79 Å². The molecule has 0 bridgehead atoms. The Morgan fingerprint density at radius 3 is 2.50 bits per heavy atom. The highest BCUT2D eigenvalue weighted by molar-refractivity contribution is 9.10. The molecule has 0 heterocycles. The fourth-order valence-corrected chi connectivity index (χ4v) is 1.91. The summed E-state index contributed by atoms with van der Waals surface area (Å²) in [5, 5.41) is 11.9. The maximum Gasteiger partial charge on any atom is 0.223 e. The van der Waals surface area contributed by atoms with E-state index >= 15 is 0 Å². The van der Waals surface area contributed by atoms with E-state index in [0.29, 0.717) is 13.0 Å². The molecule has 100 valence electrons. The lowest BCUT2D eigenvalue weighted by Crippen LogP contribution is -2.32. The van der Waals surface area contributed by atoms with Gasteiger partial charge in [-0.2, -0.15) is 0 Å². The lowest BCUT2D eigenvalue weighted by Gasteiger charge is -2.13. The van der Waals surface area contributed by atoms with Crippen LogP contribution in [0.15, 0.2) is 28.7 Å². The molecular weight excluding hydrogens is 294 g/mol. The van der Waals surface area contributed by atoms with Crippen LogP contribution in [0.5, 0.6) is 0 Å². The van der Waals surface area contributed by atoms with Gasteiger partial charge < -0.3 is 10.4 Å². The van der Waals surface area contributed by atoms with Gasteiger partial charge in [-0.1, -0.05) is 35.0 Å². The van der Waals surface area contributed by atoms with E-state index in [1.165, 1.54) is 0 Å². The zero-order valence-corrected chi connectivity index (χ0v) is 12.4. The first-order valence-electron chi connectivity index (χ1n) is 6.19. The van der Waals surface area contributed by atoms with E-state index in [2.05, 4.69) is 21.2 Å². The van der Waals surface area contributed by atoms with Crippen LogP contribution in [0.3, 0.4) is 0 Å².